The molecule has 1 amide bonds. The van der Waals surface area contributed by atoms with Crippen LogP contribution in [-0.4, -0.2) is 28.7 Å². The Kier molecular flexibility index (Phi) is 4.08. The van der Waals surface area contributed by atoms with Gasteiger partial charge in [0.2, 0.25) is 11.8 Å². The van der Waals surface area contributed by atoms with E-state index in [-0.39, 0.29) is 11.9 Å². The molecule has 6 nitrogen and oxygen atoms in total. The van der Waals surface area contributed by atoms with Crippen LogP contribution in [0.3, 0.4) is 0 Å². The molecule has 0 saturated carbocycles. The van der Waals surface area contributed by atoms with Crippen molar-refractivity contribution >= 4 is 11.9 Å². The molecular formula is C11H18N4O2. The fourth-order valence-corrected chi connectivity index (χ4v) is 2.00. The molecule has 1 aromatic rings. The normalized spacial score (nSPS) is 20.2. The van der Waals surface area contributed by atoms with Crippen LogP contribution in [0, 0.1) is 6.92 Å². The van der Waals surface area contributed by atoms with Gasteiger partial charge in [-0.05, 0) is 25.8 Å². The lowest BCUT2D eigenvalue weighted by atomic mass is 10.0. The second-order valence-electron chi connectivity index (χ2n) is 4.36. The highest BCUT2D eigenvalue weighted by Gasteiger charge is 2.15. The van der Waals surface area contributed by atoms with Crippen LogP contribution in [0.1, 0.15) is 38.0 Å². The zero-order chi connectivity index (χ0) is 12.1. The largest absolute Gasteiger partial charge is 0.408 e. The summed E-state index contributed by atoms with van der Waals surface area (Å²) in [5, 5.41) is 13.4. The topological polar surface area (TPSA) is 80.0 Å². The van der Waals surface area contributed by atoms with Crippen LogP contribution in [0.5, 0.6) is 0 Å². The Morgan fingerprint density at radius 3 is 3.06 bits per heavy atom. The summed E-state index contributed by atoms with van der Waals surface area (Å²) in [6.07, 6.45) is 5.00. The van der Waals surface area contributed by atoms with Gasteiger partial charge in [-0.2, -0.15) is 0 Å². The second kappa shape index (κ2) is 5.77. The molecule has 1 unspecified atom stereocenters. The third-order valence-corrected chi connectivity index (χ3v) is 2.90. The van der Waals surface area contributed by atoms with E-state index in [1.54, 1.807) is 6.92 Å². The minimum Gasteiger partial charge on any atom is -0.408 e. The van der Waals surface area contributed by atoms with Crippen LogP contribution in [0.25, 0.3) is 0 Å². The van der Waals surface area contributed by atoms with Gasteiger partial charge in [0.05, 0.1) is 0 Å². The number of piperidine rings is 1. The van der Waals surface area contributed by atoms with E-state index in [0.717, 1.165) is 19.4 Å². The van der Waals surface area contributed by atoms with E-state index in [1.165, 1.54) is 12.8 Å². The molecule has 1 aliphatic heterocycles. The molecule has 0 aromatic carbocycles. The van der Waals surface area contributed by atoms with Crippen LogP contribution >= 0.6 is 0 Å². The van der Waals surface area contributed by atoms with Gasteiger partial charge in [0.25, 0.3) is 0 Å². The van der Waals surface area contributed by atoms with Gasteiger partial charge in [0.1, 0.15) is 0 Å². The summed E-state index contributed by atoms with van der Waals surface area (Å²) in [6, 6.07) is 0.656. The predicted octanol–water partition coefficient (Wildman–Crippen LogP) is 1.24. The van der Waals surface area contributed by atoms with Crippen molar-refractivity contribution in [1.82, 2.24) is 15.5 Å². The lowest BCUT2D eigenvalue weighted by molar-refractivity contribution is -0.116. The lowest BCUT2D eigenvalue weighted by Crippen LogP contribution is -2.34. The molecular weight excluding hydrogens is 220 g/mol. The monoisotopic (exact) mass is 238 g/mol. The fraction of sp³-hybridized carbons (Fsp3) is 0.727. The van der Waals surface area contributed by atoms with Crippen LogP contribution in [0.4, 0.5) is 6.01 Å². The number of anilines is 1. The summed E-state index contributed by atoms with van der Waals surface area (Å²) in [4.78, 5) is 11.6. The van der Waals surface area contributed by atoms with Crippen molar-refractivity contribution in [1.29, 1.82) is 0 Å². The molecule has 17 heavy (non-hydrogen) atoms. The van der Waals surface area contributed by atoms with Crippen molar-refractivity contribution in [3.63, 3.8) is 0 Å². The van der Waals surface area contributed by atoms with Gasteiger partial charge in [-0.3, -0.25) is 10.1 Å². The number of aromatic nitrogens is 2. The van der Waals surface area contributed by atoms with Gasteiger partial charge < -0.3 is 9.73 Å². The van der Waals surface area contributed by atoms with E-state index in [9.17, 15) is 4.79 Å². The van der Waals surface area contributed by atoms with Gasteiger partial charge >= 0.3 is 6.01 Å². The zero-order valence-electron chi connectivity index (χ0n) is 10.0. The summed E-state index contributed by atoms with van der Waals surface area (Å²) in [7, 11) is 0. The maximum absolute atomic E-state index is 11.6. The summed E-state index contributed by atoms with van der Waals surface area (Å²) in [6.45, 7) is 2.75. The molecule has 2 N–H and O–H groups in total. The Hall–Kier alpha value is -1.43. The molecule has 1 atom stereocenters. The summed E-state index contributed by atoms with van der Waals surface area (Å²) in [5.41, 5.74) is 0. The second-order valence-corrected chi connectivity index (χ2v) is 4.36. The van der Waals surface area contributed by atoms with Crippen LogP contribution in [-0.2, 0) is 4.79 Å². The van der Waals surface area contributed by atoms with Crippen LogP contribution in [0.15, 0.2) is 4.42 Å². The predicted molar refractivity (Wildman–Crippen MR) is 62.5 cm³/mol. The Labute approximate surface area is 100 Å². The Morgan fingerprint density at radius 1 is 1.53 bits per heavy atom. The Morgan fingerprint density at radius 2 is 2.41 bits per heavy atom. The molecule has 94 valence electrons. The number of hydrogen-bond acceptors (Lipinski definition) is 5. The first-order valence-electron chi connectivity index (χ1n) is 6.07. The van der Waals surface area contributed by atoms with Crippen molar-refractivity contribution in [2.75, 3.05) is 11.9 Å². The SMILES string of the molecule is Cc1nnc(NC(=O)CCC2CCCCN2)o1. The van der Waals surface area contributed by atoms with Gasteiger partial charge in [-0.1, -0.05) is 11.5 Å². The molecule has 2 rings (SSSR count). The first kappa shape index (κ1) is 12.0. The highest BCUT2D eigenvalue weighted by molar-refractivity contribution is 5.88. The smallest absolute Gasteiger partial charge is 0.322 e. The van der Waals surface area contributed by atoms with E-state index >= 15 is 0 Å². The van der Waals surface area contributed by atoms with Crippen LogP contribution < -0.4 is 10.6 Å². The van der Waals surface area contributed by atoms with Gasteiger partial charge in [0, 0.05) is 19.4 Å². The number of nitrogens with zero attached hydrogens (tertiary/aromatic N) is 2. The van der Waals surface area contributed by atoms with Gasteiger partial charge in [-0.15, -0.1) is 5.10 Å². The maximum Gasteiger partial charge on any atom is 0.322 e. The fourth-order valence-electron chi connectivity index (χ4n) is 2.00. The van der Waals surface area contributed by atoms with Crippen molar-refractivity contribution < 1.29 is 9.21 Å². The molecule has 0 bridgehead atoms. The molecule has 0 aliphatic carbocycles. The van der Waals surface area contributed by atoms with E-state index in [0.29, 0.717) is 18.4 Å². The summed E-state index contributed by atoms with van der Waals surface area (Å²) < 4.78 is 5.08. The number of aryl methyl sites for hydroxylation is 1. The number of rotatable bonds is 4. The minimum absolute atomic E-state index is 0.0685. The van der Waals surface area contributed by atoms with E-state index < -0.39 is 0 Å². The quantitative estimate of drug-likeness (QED) is 0.825. The first-order chi connectivity index (χ1) is 8.24. The van der Waals surface area contributed by atoms with Crippen molar-refractivity contribution in [3.05, 3.63) is 5.89 Å². The summed E-state index contributed by atoms with van der Waals surface area (Å²) in [5.74, 6) is 0.385. The minimum atomic E-state index is -0.0685. The molecule has 1 saturated heterocycles. The van der Waals surface area contributed by atoms with E-state index in [4.69, 9.17) is 4.42 Å². The van der Waals surface area contributed by atoms with Gasteiger partial charge in [-0.25, -0.2) is 0 Å². The Bertz CT molecular complexity index is 371. The Balaban J connectivity index is 1.70. The number of amides is 1. The number of nitrogens with one attached hydrogen (secondary N) is 2. The lowest BCUT2D eigenvalue weighted by Gasteiger charge is -2.22. The zero-order valence-corrected chi connectivity index (χ0v) is 10.0. The van der Waals surface area contributed by atoms with E-state index in [1.807, 2.05) is 0 Å². The maximum atomic E-state index is 11.6. The first-order valence-corrected chi connectivity index (χ1v) is 6.07. The average molecular weight is 238 g/mol. The van der Waals surface area contributed by atoms with Crippen molar-refractivity contribution in [2.24, 2.45) is 0 Å². The molecule has 2 heterocycles. The molecule has 1 aromatic heterocycles. The molecule has 0 spiro atoms. The highest BCUT2D eigenvalue weighted by atomic mass is 16.4. The average Bonchev–Trinajstić information content (AvgIpc) is 2.73. The third-order valence-electron chi connectivity index (χ3n) is 2.90. The third kappa shape index (κ3) is 3.81. The van der Waals surface area contributed by atoms with Crippen molar-refractivity contribution in [3.8, 4) is 0 Å². The molecule has 1 aliphatic rings. The van der Waals surface area contributed by atoms with Crippen LogP contribution in [0.2, 0.25) is 0 Å². The molecule has 1 fully saturated rings. The molecule has 6 heteroatoms. The standard InChI is InChI=1S/C11H18N4O2/c1-8-14-15-11(17-8)13-10(16)6-5-9-4-2-3-7-12-9/h9,12H,2-7H2,1H3,(H,13,15,16). The summed E-state index contributed by atoms with van der Waals surface area (Å²) >= 11 is 0. The van der Waals surface area contributed by atoms with Crippen molar-refractivity contribution in [2.45, 2.75) is 45.1 Å². The number of carbonyl (C=O) groups excluding carboxylic acids is 1. The van der Waals surface area contributed by atoms with Gasteiger partial charge in [0.15, 0.2) is 0 Å². The van der Waals surface area contributed by atoms with E-state index in [2.05, 4.69) is 20.8 Å². The number of hydrogen-bond donors (Lipinski definition) is 2. The number of carbonyl (C=O) groups is 1. The molecule has 0 radical (unpaired) electrons. The highest BCUT2D eigenvalue weighted by Crippen LogP contribution is 2.12.